The van der Waals surface area contributed by atoms with Crippen LogP contribution in [0, 0.1) is 11.7 Å². The Hall–Kier alpha value is -1.83. The van der Waals surface area contributed by atoms with E-state index in [0.29, 0.717) is 17.5 Å². The van der Waals surface area contributed by atoms with E-state index in [-0.39, 0.29) is 28.0 Å². The van der Waals surface area contributed by atoms with Crippen LogP contribution < -0.4 is 9.16 Å². The van der Waals surface area contributed by atoms with Crippen LogP contribution in [0.1, 0.15) is 40.2 Å². The SMILES string of the molecule is CC(C)Cc1c(O[Si](C)(C)C(C)(C)C)nc2ccc(F)cc2c1OCC(F)(F)F. The molecule has 0 spiro atoms. The van der Waals surface area contributed by atoms with Crippen molar-refractivity contribution in [3.63, 3.8) is 0 Å². The highest BCUT2D eigenvalue weighted by Crippen LogP contribution is 2.42. The van der Waals surface area contributed by atoms with Gasteiger partial charge in [0.05, 0.1) is 11.1 Å². The van der Waals surface area contributed by atoms with Crippen molar-refractivity contribution in [3.8, 4) is 11.6 Å². The molecule has 1 heterocycles. The Kier molecular flexibility index (Phi) is 6.57. The minimum Gasteiger partial charge on any atom is -0.530 e. The number of hydrogen-bond acceptors (Lipinski definition) is 3. The summed E-state index contributed by atoms with van der Waals surface area (Å²) in [5, 5.41) is 0.0848. The zero-order valence-electron chi connectivity index (χ0n) is 18.0. The van der Waals surface area contributed by atoms with Gasteiger partial charge in [0.15, 0.2) is 6.61 Å². The highest BCUT2D eigenvalue weighted by molar-refractivity contribution is 6.74. The van der Waals surface area contributed by atoms with Gasteiger partial charge in [-0.15, -0.1) is 0 Å². The quantitative estimate of drug-likeness (QED) is 0.368. The fourth-order valence-electron chi connectivity index (χ4n) is 2.61. The van der Waals surface area contributed by atoms with Gasteiger partial charge < -0.3 is 9.16 Å². The predicted molar refractivity (Wildman–Crippen MR) is 110 cm³/mol. The van der Waals surface area contributed by atoms with Crippen molar-refractivity contribution < 1.29 is 26.7 Å². The number of alkyl halides is 3. The summed E-state index contributed by atoms with van der Waals surface area (Å²) >= 11 is 0. The number of nitrogens with zero attached hydrogens (tertiary/aromatic N) is 1. The van der Waals surface area contributed by atoms with Gasteiger partial charge in [0.25, 0.3) is 8.32 Å². The number of aromatic nitrogens is 1. The molecule has 1 aromatic heterocycles. The van der Waals surface area contributed by atoms with Crippen molar-refractivity contribution >= 4 is 19.2 Å². The summed E-state index contributed by atoms with van der Waals surface area (Å²) in [6.07, 6.45) is -4.12. The lowest BCUT2D eigenvalue weighted by Crippen LogP contribution is -2.44. The maximum atomic E-state index is 13.9. The van der Waals surface area contributed by atoms with Crippen LogP contribution in [0.25, 0.3) is 10.9 Å². The van der Waals surface area contributed by atoms with Crippen LogP contribution in [0.15, 0.2) is 18.2 Å². The minimum absolute atomic E-state index is 0.00534. The summed E-state index contributed by atoms with van der Waals surface area (Å²) in [6, 6.07) is 3.82. The first kappa shape index (κ1) is 23.4. The predicted octanol–water partition coefficient (Wildman–Crippen LogP) is 6.90. The molecule has 0 saturated carbocycles. The van der Waals surface area contributed by atoms with E-state index in [1.54, 1.807) is 0 Å². The van der Waals surface area contributed by atoms with E-state index in [1.807, 2.05) is 26.9 Å². The maximum Gasteiger partial charge on any atom is 0.422 e. The average Bonchev–Trinajstić information content (AvgIpc) is 2.52. The summed E-state index contributed by atoms with van der Waals surface area (Å²) in [5.41, 5.74) is 0.789. The van der Waals surface area contributed by atoms with Gasteiger partial charge >= 0.3 is 6.18 Å². The summed E-state index contributed by atoms with van der Waals surface area (Å²) in [6.45, 7) is 12.7. The van der Waals surface area contributed by atoms with Crippen LogP contribution in [0.2, 0.25) is 18.1 Å². The molecule has 0 amide bonds. The third-order valence-corrected chi connectivity index (χ3v) is 9.42. The molecule has 0 aliphatic carbocycles. The van der Waals surface area contributed by atoms with E-state index in [4.69, 9.17) is 9.16 Å². The summed E-state index contributed by atoms with van der Waals surface area (Å²) in [5.74, 6) is -0.182. The van der Waals surface area contributed by atoms with Crippen molar-refractivity contribution in [1.82, 2.24) is 4.98 Å². The van der Waals surface area contributed by atoms with E-state index in [2.05, 4.69) is 25.8 Å². The lowest BCUT2D eigenvalue weighted by Gasteiger charge is -2.37. The Bertz CT molecular complexity index is 874. The van der Waals surface area contributed by atoms with E-state index >= 15 is 0 Å². The average molecular weight is 432 g/mol. The molecule has 0 aliphatic rings. The molecule has 0 aliphatic heterocycles. The molecule has 0 saturated heterocycles. The Morgan fingerprint density at radius 3 is 2.24 bits per heavy atom. The molecule has 0 unspecified atom stereocenters. The third-order valence-electron chi connectivity index (χ3n) is 5.11. The number of benzene rings is 1. The van der Waals surface area contributed by atoms with Gasteiger partial charge in [-0.05, 0) is 48.7 Å². The van der Waals surface area contributed by atoms with E-state index < -0.39 is 26.9 Å². The Labute approximate surface area is 170 Å². The van der Waals surface area contributed by atoms with Gasteiger partial charge in [-0.2, -0.15) is 13.2 Å². The molecular weight excluding hydrogens is 402 g/mol. The second-order valence-electron chi connectivity index (χ2n) is 9.25. The fourth-order valence-corrected chi connectivity index (χ4v) is 3.57. The van der Waals surface area contributed by atoms with Crippen molar-refractivity contribution in [1.29, 1.82) is 0 Å². The molecule has 1 aromatic carbocycles. The molecule has 29 heavy (non-hydrogen) atoms. The number of pyridine rings is 1. The van der Waals surface area contributed by atoms with E-state index in [0.717, 1.165) is 6.07 Å². The van der Waals surface area contributed by atoms with E-state index in [9.17, 15) is 17.6 Å². The number of fused-ring (bicyclic) bond motifs is 1. The molecule has 0 N–H and O–H groups in total. The van der Waals surface area contributed by atoms with Gasteiger partial charge in [-0.3, -0.25) is 0 Å². The number of halogens is 4. The zero-order valence-corrected chi connectivity index (χ0v) is 19.0. The minimum atomic E-state index is -4.52. The molecule has 162 valence electrons. The van der Waals surface area contributed by atoms with Gasteiger partial charge in [0, 0.05) is 5.39 Å². The topological polar surface area (TPSA) is 31.4 Å². The van der Waals surface area contributed by atoms with Gasteiger partial charge in [-0.25, -0.2) is 9.37 Å². The van der Waals surface area contributed by atoms with Gasteiger partial charge in [-0.1, -0.05) is 34.6 Å². The lowest BCUT2D eigenvalue weighted by atomic mass is 10.0. The second-order valence-corrected chi connectivity index (χ2v) is 14.0. The van der Waals surface area contributed by atoms with Crippen molar-refractivity contribution in [2.45, 2.75) is 65.3 Å². The number of ether oxygens (including phenoxy) is 1. The smallest absolute Gasteiger partial charge is 0.422 e. The van der Waals surface area contributed by atoms with Gasteiger partial charge in [0.1, 0.15) is 11.6 Å². The van der Waals surface area contributed by atoms with Crippen molar-refractivity contribution in [3.05, 3.63) is 29.6 Å². The van der Waals surface area contributed by atoms with Crippen molar-refractivity contribution in [2.24, 2.45) is 5.92 Å². The summed E-state index contributed by atoms with van der Waals surface area (Å²) in [7, 11) is -2.32. The highest BCUT2D eigenvalue weighted by Gasteiger charge is 2.40. The first-order chi connectivity index (χ1) is 13.1. The Morgan fingerprint density at radius 1 is 1.10 bits per heavy atom. The lowest BCUT2D eigenvalue weighted by molar-refractivity contribution is -0.153. The molecule has 3 nitrogen and oxygen atoms in total. The molecule has 0 bridgehead atoms. The summed E-state index contributed by atoms with van der Waals surface area (Å²) < 4.78 is 64.2. The monoisotopic (exact) mass is 431 g/mol. The Morgan fingerprint density at radius 2 is 1.72 bits per heavy atom. The highest BCUT2D eigenvalue weighted by atomic mass is 28.4. The zero-order chi connectivity index (χ0) is 22.2. The molecule has 0 atom stereocenters. The first-order valence-electron chi connectivity index (χ1n) is 9.61. The van der Waals surface area contributed by atoms with Gasteiger partial charge in [0.2, 0.25) is 5.88 Å². The van der Waals surface area contributed by atoms with Crippen LogP contribution in [0.4, 0.5) is 17.6 Å². The van der Waals surface area contributed by atoms with Crippen LogP contribution >= 0.6 is 0 Å². The maximum absolute atomic E-state index is 13.9. The third kappa shape index (κ3) is 5.84. The number of rotatable bonds is 6. The molecule has 2 aromatic rings. The van der Waals surface area contributed by atoms with Crippen LogP contribution in [-0.4, -0.2) is 26.1 Å². The first-order valence-corrected chi connectivity index (χ1v) is 12.5. The van der Waals surface area contributed by atoms with Crippen LogP contribution in [0.3, 0.4) is 0 Å². The van der Waals surface area contributed by atoms with E-state index in [1.165, 1.54) is 12.1 Å². The summed E-state index contributed by atoms with van der Waals surface area (Å²) in [4.78, 5) is 4.56. The number of hydrogen-bond donors (Lipinski definition) is 0. The molecule has 0 fully saturated rings. The Balaban J connectivity index is 2.73. The van der Waals surface area contributed by atoms with Crippen LogP contribution in [-0.2, 0) is 6.42 Å². The van der Waals surface area contributed by atoms with Crippen molar-refractivity contribution in [2.75, 3.05) is 6.61 Å². The standard InChI is InChI=1S/C21H29F4NO2Si/c1-13(2)10-16-18(27-12-21(23,24)25)15-11-14(22)8-9-17(15)26-19(16)28-29(6,7)20(3,4)5/h8-9,11,13H,10,12H2,1-7H3. The molecular formula is C21H29F4NO2Si. The molecule has 2 rings (SSSR count). The molecule has 8 heteroatoms. The van der Waals surface area contributed by atoms with Crippen LogP contribution in [0.5, 0.6) is 11.6 Å². The normalized spacial score (nSPS) is 13.2. The second kappa shape index (κ2) is 8.12. The largest absolute Gasteiger partial charge is 0.530 e. The fraction of sp³-hybridized carbons (Fsp3) is 0.571. The molecule has 0 radical (unpaired) electrons.